The van der Waals surface area contributed by atoms with Crippen molar-refractivity contribution < 1.29 is 80.2 Å². The zero-order valence-corrected chi connectivity index (χ0v) is 65.7. The molecule has 19 heteroatoms. The quantitative estimate of drug-likeness (QED) is 0.0222. The van der Waals surface area contributed by atoms with Crippen LogP contribution in [0.15, 0.2) is 0 Å². The molecule has 0 aliphatic heterocycles. The van der Waals surface area contributed by atoms with Crippen molar-refractivity contribution in [3.8, 4) is 0 Å². The normalized spacial score (nSPS) is 13.9. The minimum Gasteiger partial charge on any atom is -0.462 e. The van der Waals surface area contributed by atoms with E-state index in [1.165, 1.54) is 244 Å². The van der Waals surface area contributed by atoms with Gasteiger partial charge in [0.1, 0.15) is 19.3 Å². The van der Waals surface area contributed by atoms with Crippen LogP contribution < -0.4 is 0 Å². The van der Waals surface area contributed by atoms with E-state index in [1.54, 1.807) is 0 Å². The highest BCUT2D eigenvalue weighted by Gasteiger charge is 2.30. The molecule has 0 aliphatic carbocycles. The number of phosphoric ester groups is 2. The number of hydrogen-bond acceptors (Lipinski definition) is 15. The van der Waals surface area contributed by atoms with Crippen LogP contribution in [0.3, 0.4) is 0 Å². The number of esters is 4. The molecule has 0 rings (SSSR count). The smallest absolute Gasteiger partial charge is 0.462 e. The second kappa shape index (κ2) is 72.0. The van der Waals surface area contributed by atoms with Gasteiger partial charge < -0.3 is 33.8 Å². The van der Waals surface area contributed by atoms with Gasteiger partial charge in [0.25, 0.3) is 0 Å². The van der Waals surface area contributed by atoms with Gasteiger partial charge in [0.05, 0.1) is 26.4 Å². The number of carbonyl (C=O) groups is 4. The summed E-state index contributed by atoms with van der Waals surface area (Å²) in [6.07, 6.45) is 62.6. The number of unbranched alkanes of at least 4 members (excludes halogenated alkanes) is 51. The van der Waals surface area contributed by atoms with Crippen molar-refractivity contribution in [2.75, 3.05) is 39.6 Å². The fraction of sp³-hybridized carbons (Fsp3) is 0.949. The summed E-state index contributed by atoms with van der Waals surface area (Å²) >= 11 is 0. The van der Waals surface area contributed by atoms with Crippen molar-refractivity contribution in [3.05, 3.63) is 0 Å². The monoisotopic (exact) mass is 1440 g/mol. The van der Waals surface area contributed by atoms with Crippen molar-refractivity contribution in [3.63, 3.8) is 0 Å². The largest absolute Gasteiger partial charge is 0.472 e. The third-order valence-corrected chi connectivity index (χ3v) is 20.4. The molecule has 5 atom stereocenters. The van der Waals surface area contributed by atoms with Crippen LogP contribution in [-0.2, 0) is 65.4 Å². The Labute approximate surface area is 600 Å². The summed E-state index contributed by atoms with van der Waals surface area (Å²) in [7, 11) is -9.91. The Morgan fingerprint density at radius 3 is 0.694 bits per heavy atom. The highest BCUT2D eigenvalue weighted by molar-refractivity contribution is 7.47. The molecule has 0 radical (unpaired) electrons. The van der Waals surface area contributed by atoms with E-state index in [1.807, 2.05) is 0 Å². The predicted octanol–water partition coefficient (Wildman–Crippen LogP) is 23.6. The van der Waals surface area contributed by atoms with Crippen LogP contribution in [0.4, 0.5) is 0 Å². The lowest BCUT2D eigenvalue weighted by molar-refractivity contribution is -0.161. The summed E-state index contributed by atoms with van der Waals surface area (Å²) in [5, 5.41) is 10.6. The van der Waals surface area contributed by atoms with Crippen LogP contribution in [0.25, 0.3) is 0 Å². The SMILES string of the molecule is CCCCCCCCCCCCCCCCCCCCCCCCC(=O)O[C@H](COC(=O)CCCCCCCCCCCCCCCCC)COP(=O)(O)OC[C@@H](O)COP(=O)(O)OC[C@@H](COC(=O)CCCCCCCCCCC)OC(=O)CCCCCCCCCCCC(C)C. The van der Waals surface area contributed by atoms with Crippen LogP contribution in [0, 0.1) is 5.92 Å². The van der Waals surface area contributed by atoms with E-state index in [9.17, 15) is 43.2 Å². The Morgan fingerprint density at radius 2 is 0.469 bits per heavy atom. The topological polar surface area (TPSA) is 237 Å². The molecule has 98 heavy (non-hydrogen) atoms. The zero-order valence-electron chi connectivity index (χ0n) is 63.9. The number of aliphatic hydroxyl groups excluding tert-OH is 1. The highest BCUT2D eigenvalue weighted by Crippen LogP contribution is 2.45. The lowest BCUT2D eigenvalue weighted by Crippen LogP contribution is -2.30. The van der Waals surface area contributed by atoms with Crippen molar-refractivity contribution in [1.82, 2.24) is 0 Å². The maximum atomic E-state index is 13.1. The first-order chi connectivity index (χ1) is 47.5. The lowest BCUT2D eigenvalue weighted by Gasteiger charge is -2.21. The number of rotatable bonds is 79. The van der Waals surface area contributed by atoms with Gasteiger partial charge in [-0.25, -0.2) is 9.13 Å². The average Bonchev–Trinajstić information content (AvgIpc) is 1.23. The molecule has 0 bridgehead atoms. The number of hydrogen-bond donors (Lipinski definition) is 3. The summed E-state index contributed by atoms with van der Waals surface area (Å²) in [4.78, 5) is 72.8. The first-order valence-corrected chi connectivity index (χ1v) is 44.1. The average molecular weight is 1440 g/mol. The van der Waals surface area contributed by atoms with Gasteiger partial charge in [-0.3, -0.25) is 37.3 Å². The van der Waals surface area contributed by atoms with Crippen LogP contribution in [-0.4, -0.2) is 96.7 Å². The molecule has 0 aromatic rings. The maximum absolute atomic E-state index is 13.1. The van der Waals surface area contributed by atoms with Gasteiger partial charge in [0, 0.05) is 25.7 Å². The molecule has 0 saturated carbocycles. The summed E-state index contributed by atoms with van der Waals surface area (Å²) in [5.41, 5.74) is 0. The Morgan fingerprint density at radius 1 is 0.276 bits per heavy atom. The van der Waals surface area contributed by atoms with E-state index >= 15 is 0 Å². The minimum absolute atomic E-state index is 0.106. The highest BCUT2D eigenvalue weighted by atomic mass is 31.2. The van der Waals surface area contributed by atoms with Crippen molar-refractivity contribution >= 4 is 39.5 Å². The van der Waals surface area contributed by atoms with Gasteiger partial charge in [-0.05, 0) is 31.6 Å². The van der Waals surface area contributed by atoms with Crippen LogP contribution in [0.1, 0.15) is 420 Å². The lowest BCUT2D eigenvalue weighted by atomic mass is 10.0. The van der Waals surface area contributed by atoms with Gasteiger partial charge in [0.15, 0.2) is 12.2 Å². The molecule has 0 aromatic carbocycles. The van der Waals surface area contributed by atoms with Gasteiger partial charge in [-0.15, -0.1) is 0 Å². The van der Waals surface area contributed by atoms with Crippen LogP contribution in [0.2, 0.25) is 0 Å². The molecule has 0 saturated heterocycles. The number of aliphatic hydroxyl groups is 1. The standard InChI is InChI=1S/C79H154O17P2/c1-6-9-12-15-18-21-23-25-27-28-29-30-31-32-33-35-37-39-44-49-54-59-64-78(83)95-75(69-90-77(82)63-58-53-48-43-38-36-34-26-24-22-19-16-13-10-7-2)71-94-98(87,88)92-67-73(80)66-91-97(85,86)93-70-74(68-89-76(81)62-57-52-47-41-20-17-14-11-8-3)96-79(84)65-60-55-50-45-40-42-46-51-56-61-72(4)5/h72-75,80H,6-71H2,1-5H3,(H,85,86)(H,87,88)/t73-,74+,75+/m0/s1. The summed E-state index contributed by atoms with van der Waals surface area (Å²) in [6, 6.07) is 0. The molecule has 0 spiro atoms. The molecule has 0 aliphatic rings. The van der Waals surface area contributed by atoms with Gasteiger partial charge in [0.2, 0.25) is 0 Å². The van der Waals surface area contributed by atoms with E-state index in [0.717, 1.165) is 95.8 Å². The molecule has 582 valence electrons. The Kier molecular flexibility index (Phi) is 70.6. The van der Waals surface area contributed by atoms with Gasteiger partial charge in [-0.2, -0.15) is 0 Å². The maximum Gasteiger partial charge on any atom is 0.472 e. The summed E-state index contributed by atoms with van der Waals surface area (Å²) in [6.45, 7) is 7.27. The van der Waals surface area contributed by atoms with Gasteiger partial charge in [-0.1, -0.05) is 369 Å². The number of phosphoric acid groups is 2. The Bertz CT molecular complexity index is 1870. The Hall–Kier alpha value is -1.94. The molecule has 0 fully saturated rings. The fourth-order valence-electron chi connectivity index (χ4n) is 12.2. The summed E-state index contributed by atoms with van der Waals surface area (Å²) in [5.74, 6) is -1.38. The van der Waals surface area contributed by atoms with Crippen LogP contribution in [0.5, 0.6) is 0 Å². The third-order valence-electron chi connectivity index (χ3n) is 18.5. The summed E-state index contributed by atoms with van der Waals surface area (Å²) < 4.78 is 68.6. The zero-order chi connectivity index (χ0) is 71.9. The molecule has 17 nitrogen and oxygen atoms in total. The van der Waals surface area contributed by atoms with E-state index in [0.29, 0.717) is 25.7 Å². The molecule has 2 unspecified atom stereocenters. The molecular weight excluding hydrogens is 1280 g/mol. The van der Waals surface area contributed by atoms with Crippen molar-refractivity contribution in [1.29, 1.82) is 0 Å². The molecule has 0 amide bonds. The molecule has 0 heterocycles. The Balaban J connectivity index is 5.18. The third kappa shape index (κ3) is 72.4. The fourth-order valence-corrected chi connectivity index (χ4v) is 13.8. The van der Waals surface area contributed by atoms with Crippen molar-refractivity contribution in [2.24, 2.45) is 5.92 Å². The number of carbonyl (C=O) groups excluding carboxylic acids is 4. The molecule has 0 aromatic heterocycles. The molecule has 3 N–H and O–H groups in total. The predicted molar refractivity (Wildman–Crippen MR) is 400 cm³/mol. The second-order valence-electron chi connectivity index (χ2n) is 28.9. The molecular formula is C79H154O17P2. The van der Waals surface area contributed by atoms with E-state index < -0.39 is 97.5 Å². The first-order valence-electron chi connectivity index (χ1n) is 41.1. The first kappa shape index (κ1) is 96.1. The number of ether oxygens (including phenoxy) is 4. The van der Waals surface area contributed by atoms with Crippen LogP contribution >= 0.6 is 15.6 Å². The van der Waals surface area contributed by atoms with Crippen molar-refractivity contribution in [2.45, 2.75) is 438 Å². The van der Waals surface area contributed by atoms with E-state index in [-0.39, 0.29) is 25.7 Å². The van der Waals surface area contributed by atoms with Gasteiger partial charge >= 0.3 is 39.5 Å². The van der Waals surface area contributed by atoms with E-state index in [2.05, 4.69) is 34.6 Å². The second-order valence-corrected chi connectivity index (χ2v) is 31.8. The minimum atomic E-state index is -4.96. The van der Waals surface area contributed by atoms with E-state index in [4.69, 9.17) is 37.0 Å².